The topological polar surface area (TPSA) is 26.3 Å². The summed E-state index contributed by atoms with van der Waals surface area (Å²) in [5.74, 6) is -0.460. The van der Waals surface area contributed by atoms with Gasteiger partial charge in [-0.2, -0.15) is 0 Å². The largest absolute Gasteiger partial charge is 0.441 e. The lowest BCUT2D eigenvalue weighted by molar-refractivity contribution is -0.148. The molecule has 26 heavy (non-hydrogen) atoms. The highest BCUT2D eigenvalue weighted by Gasteiger charge is 2.40. The van der Waals surface area contributed by atoms with Crippen LogP contribution in [0.4, 0.5) is 0 Å². The minimum atomic E-state index is -1.12. The zero-order chi connectivity index (χ0) is 18.6. The number of carbonyl (C=O) groups is 1. The Morgan fingerprint density at radius 1 is 0.846 bits per heavy atom. The molecule has 2 nitrogen and oxygen atoms in total. The van der Waals surface area contributed by atoms with Gasteiger partial charge in [0.1, 0.15) is 0 Å². The summed E-state index contributed by atoms with van der Waals surface area (Å²) in [6, 6.07) is 26.7. The molecule has 3 rings (SSSR count). The average molecular weight is 363 g/mol. The molecule has 3 heteroatoms. The summed E-state index contributed by atoms with van der Waals surface area (Å²) in [6.07, 6.45) is 0. The van der Waals surface area contributed by atoms with Crippen LogP contribution in [-0.2, 0) is 15.1 Å². The quantitative estimate of drug-likeness (QED) is 0.328. The van der Waals surface area contributed by atoms with Crippen LogP contribution in [0.25, 0.3) is 0 Å². The third-order valence-electron chi connectivity index (χ3n) is 4.19. The first kappa shape index (κ1) is 18.0. The van der Waals surface area contributed by atoms with Gasteiger partial charge in [0.05, 0.1) is 0 Å². The van der Waals surface area contributed by atoms with Crippen LogP contribution in [0.15, 0.2) is 97.1 Å². The first-order chi connectivity index (χ1) is 12.5. The molecule has 0 N–H and O–H groups in total. The molecular weight excluding hydrogens is 344 g/mol. The summed E-state index contributed by atoms with van der Waals surface area (Å²) in [4.78, 5) is 12.6. The third-order valence-corrected chi connectivity index (χ3v) is 4.42. The van der Waals surface area contributed by atoms with Crippen LogP contribution < -0.4 is 0 Å². The summed E-state index contributed by atoms with van der Waals surface area (Å²) in [7, 11) is 0. The highest BCUT2D eigenvalue weighted by atomic mass is 35.5. The highest BCUT2D eigenvalue weighted by Crippen LogP contribution is 2.41. The molecule has 0 aromatic heterocycles. The summed E-state index contributed by atoms with van der Waals surface area (Å²) in [5, 5.41) is 0.574. The maximum absolute atomic E-state index is 12.6. The number of rotatable bonds is 5. The normalized spacial score (nSPS) is 11.0. The SMILES string of the molecule is C=C(C)C(=O)OC(c1ccccc1)(c1ccccc1)c1cccc(Cl)c1. The molecular formula is C23H19ClO2. The van der Waals surface area contributed by atoms with Crippen molar-refractivity contribution in [3.63, 3.8) is 0 Å². The first-order valence-electron chi connectivity index (χ1n) is 8.30. The number of benzene rings is 3. The molecule has 0 bridgehead atoms. The summed E-state index contributed by atoms with van der Waals surface area (Å²) in [5.41, 5.74) is 1.66. The zero-order valence-corrected chi connectivity index (χ0v) is 15.2. The first-order valence-corrected chi connectivity index (χ1v) is 8.68. The minimum absolute atomic E-state index is 0.336. The van der Waals surface area contributed by atoms with Crippen LogP contribution in [0.1, 0.15) is 23.6 Å². The molecule has 0 radical (unpaired) electrons. The van der Waals surface area contributed by atoms with E-state index in [1.165, 1.54) is 0 Å². The number of carbonyl (C=O) groups excluding carboxylic acids is 1. The zero-order valence-electron chi connectivity index (χ0n) is 14.5. The predicted octanol–water partition coefficient (Wildman–Crippen LogP) is 5.75. The van der Waals surface area contributed by atoms with Crippen LogP contribution >= 0.6 is 11.6 Å². The van der Waals surface area contributed by atoms with E-state index in [1.54, 1.807) is 13.0 Å². The third kappa shape index (κ3) is 3.42. The standard InChI is InChI=1S/C23H19ClO2/c1-17(2)22(25)26-23(18-10-5-3-6-11-18,19-12-7-4-8-13-19)20-14-9-15-21(24)16-20/h3-16H,1H2,2H3. The van der Waals surface area contributed by atoms with E-state index >= 15 is 0 Å². The Bertz CT molecular complexity index is 878. The fourth-order valence-electron chi connectivity index (χ4n) is 2.96. The highest BCUT2D eigenvalue weighted by molar-refractivity contribution is 6.30. The van der Waals surface area contributed by atoms with E-state index in [0.29, 0.717) is 10.6 Å². The lowest BCUT2D eigenvalue weighted by atomic mass is 9.80. The van der Waals surface area contributed by atoms with E-state index in [0.717, 1.165) is 16.7 Å². The Balaban J connectivity index is 2.34. The summed E-state index contributed by atoms with van der Waals surface area (Å²) < 4.78 is 6.12. The van der Waals surface area contributed by atoms with E-state index in [9.17, 15) is 4.79 Å². The summed E-state index contributed by atoms with van der Waals surface area (Å²) >= 11 is 6.27. The molecule has 0 spiro atoms. The van der Waals surface area contributed by atoms with Crippen LogP contribution in [0, 0.1) is 0 Å². The molecule has 0 saturated heterocycles. The molecule has 0 fully saturated rings. The van der Waals surface area contributed by atoms with Crippen molar-refractivity contribution in [2.24, 2.45) is 0 Å². The number of hydrogen-bond donors (Lipinski definition) is 0. The van der Waals surface area contributed by atoms with Gasteiger partial charge in [-0.1, -0.05) is 91.0 Å². The molecule has 0 heterocycles. The lowest BCUT2D eigenvalue weighted by Crippen LogP contribution is -2.35. The van der Waals surface area contributed by atoms with E-state index in [2.05, 4.69) is 6.58 Å². The second-order valence-corrected chi connectivity index (χ2v) is 6.53. The van der Waals surface area contributed by atoms with Gasteiger partial charge in [-0.15, -0.1) is 0 Å². The number of halogens is 1. The van der Waals surface area contributed by atoms with Crippen LogP contribution in [0.2, 0.25) is 5.02 Å². The molecule has 130 valence electrons. The van der Waals surface area contributed by atoms with E-state index in [4.69, 9.17) is 16.3 Å². The van der Waals surface area contributed by atoms with Gasteiger partial charge in [0.25, 0.3) is 0 Å². The Morgan fingerprint density at radius 3 is 1.81 bits per heavy atom. The number of ether oxygens (including phenoxy) is 1. The van der Waals surface area contributed by atoms with Crippen molar-refractivity contribution in [3.05, 3.63) is 119 Å². The van der Waals surface area contributed by atoms with Gasteiger partial charge in [0, 0.05) is 27.3 Å². The van der Waals surface area contributed by atoms with Crippen molar-refractivity contribution in [1.29, 1.82) is 0 Å². The van der Waals surface area contributed by atoms with Crippen molar-refractivity contribution in [1.82, 2.24) is 0 Å². The van der Waals surface area contributed by atoms with Crippen molar-refractivity contribution in [2.45, 2.75) is 12.5 Å². The Kier molecular flexibility index (Phi) is 5.24. The van der Waals surface area contributed by atoms with E-state index in [1.807, 2.05) is 78.9 Å². The molecule has 3 aromatic carbocycles. The van der Waals surface area contributed by atoms with Gasteiger partial charge in [-0.05, 0) is 19.1 Å². The van der Waals surface area contributed by atoms with Gasteiger partial charge in [-0.25, -0.2) is 4.79 Å². The molecule has 0 amide bonds. The van der Waals surface area contributed by atoms with Crippen LogP contribution in [0.3, 0.4) is 0 Å². The lowest BCUT2D eigenvalue weighted by Gasteiger charge is -2.35. The predicted molar refractivity (Wildman–Crippen MR) is 105 cm³/mol. The van der Waals surface area contributed by atoms with Gasteiger partial charge in [-0.3, -0.25) is 0 Å². The molecule has 3 aromatic rings. The number of esters is 1. The minimum Gasteiger partial charge on any atom is -0.441 e. The summed E-state index contributed by atoms with van der Waals surface area (Å²) in [6.45, 7) is 5.38. The molecule has 0 aliphatic carbocycles. The molecule has 0 atom stereocenters. The number of hydrogen-bond acceptors (Lipinski definition) is 2. The van der Waals surface area contributed by atoms with Crippen LogP contribution in [0.5, 0.6) is 0 Å². The van der Waals surface area contributed by atoms with Gasteiger partial charge in [0.2, 0.25) is 0 Å². The second-order valence-electron chi connectivity index (χ2n) is 6.09. The van der Waals surface area contributed by atoms with Gasteiger partial charge in [0.15, 0.2) is 5.60 Å². The van der Waals surface area contributed by atoms with Crippen LogP contribution in [-0.4, -0.2) is 5.97 Å². The van der Waals surface area contributed by atoms with E-state index in [-0.39, 0.29) is 0 Å². The molecule has 0 unspecified atom stereocenters. The molecule has 0 aliphatic heterocycles. The molecule has 0 saturated carbocycles. The smallest absolute Gasteiger partial charge is 0.334 e. The fraction of sp³-hybridized carbons (Fsp3) is 0.0870. The van der Waals surface area contributed by atoms with Gasteiger partial charge < -0.3 is 4.74 Å². The maximum atomic E-state index is 12.6. The van der Waals surface area contributed by atoms with Crippen molar-refractivity contribution >= 4 is 17.6 Å². The fourth-order valence-corrected chi connectivity index (χ4v) is 3.15. The van der Waals surface area contributed by atoms with E-state index < -0.39 is 11.6 Å². The monoisotopic (exact) mass is 362 g/mol. The molecule has 0 aliphatic rings. The Morgan fingerprint density at radius 2 is 1.35 bits per heavy atom. The van der Waals surface area contributed by atoms with Crippen molar-refractivity contribution < 1.29 is 9.53 Å². The second kappa shape index (κ2) is 7.59. The van der Waals surface area contributed by atoms with Gasteiger partial charge >= 0.3 is 5.97 Å². The Hall–Kier alpha value is -2.84. The van der Waals surface area contributed by atoms with Crippen molar-refractivity contribution in [2.75, 3.05) is 0 Å². The Labute approximate surface area is 158 Å². The maximum Gasteiger partial charge on any atom is 0.334 e. The average Bonchev–Trinajstić information content (AvgIpc) is 2.67. The van der Waals surface area contributed by atoms with Crippen molar-refractivity contribution in [3.8, 4) is 0 Å².